The number of halogens is 2. The summed E-state index contributed by atoms with van der Waals surface area (Å²) in [5.41, 5.74) is 0. The van der Waals surface area contributed by atoms with E-state index in [1.807, 2.05) is 0 Å². The van der Waals surface area contributed by atoms with Crippen LogP contribution >= 0.6 is 23.2 Å². The van der Waals surface area contributed by atoms with Crippen LogP contribution in [-0.4, -0.2) is 37.9 Å². The Bertz CT molecular complexity index is 643. The topological polar surface area (TPSA) is 63.7 Å². The molecule has 0 N–H and O–H groups in total. The van der Waals surface area contributed by atoms with Gasteiger partial charge >= 0.3 is 5.97 Å². The van der Waals surface area contributed by atoms with E-state index >= 15 is 0 Å². The molecular formula is C14H17Cl2NO4S. The Hall–Kier alpha value is -0.820. The Kier molecular flexibility index (Phi) is 5.71. The van der Waals surface area contributed by atoms with Crippen LogP contribution < -0.4 is 0 Å². The van der Waals surface area contributed by atoms with Crippen molar-refractivity contribution in [2.75, 3.05) is 13.2 Å². The van der Waals surface area contributed by atoms with E-state index in [1.54, 1.807) is 6.92 Å². The van der Waals surface area contributed by atoms with Crippen molar-refractivity contribution >= 4 is 39.2 Å². The number of hydrogen-bond acceptors (Lipinski definition) is 4. The first-order chi connectivity index (χ1) is 10.4. The van der Waals surface area contributed by atoms with Gasteiger partial charge in [0.05, 0.1) is 11.5 Å². The number of ether oxygens (including phenoxy) is 1. The first-order valence-corrected chi connectivity index (χ1v) is 9.20. The Labute approximate surface area is 140 Å². The molecule has 1 unspecified atom stereocenters. The lowest BCUT2D eigenvalue weighted by Crippen LogP contribution is -2.48. The summed E-state index contributed by atoms with van der Waals surface area (Å²) in [4.78, 5) is 12.0. The summed E-state index contributed by atoms with van der Waals surface area (Å²) in [6.07, 6.45) is 1.93. The number of hydrogen-bond donors (Lipinski definition) is 0. The van der Waals surface area contributed by atoms with Gasteiger partial charge < -0.3 is 4.74 Å². The monoisotopic (exact) mass is 365 g/mol. The van der Waals surface area contributed by atoms with Crippen LogP contribution in [-0.2, 0) is 19.6 Å². The molecule has 1 aliphatic rings. The molecule has 1 fully saturated rings. The third-order valence-electron chi connectivity index (χ3n) is 3.46. The molecule has 122 valence electrons. The smallest absolute Gasteiger partial charge is 0.324 e. The van der Waals surface area contributed by atoms with Crippen LogP contribution in [0.1, 0.15) is 26.2 Å². The molecule has 0 saturated carbocycles. The predicted molar refractivity (Wildman–Crippen MR) is 84.6 cm³/mol. The minimum absolute atomic E-state index is 0.0128. The lowest BCUT2D eigenvalue weighted by Gasteiger charge is -2.33. The fraction of sp³-hybridized carbons (Fsp3) is 0.500. The first-order valence-electron chi connectivity index (χ1n) is 7.01. The van der Waals surface area contributed by atoms with Gasteiger partial charge in [-0.1, -0.05) is 23.2 Å². The van der Waals surface area contributed by atoms with Crippen molar-refractivity contribution in [3.8, 4) is 0 Å². The molecule has 22 heavy (non-hydrogen) atoms. The molecule has 0 aromatic heterocycles. The molecule has 5 nitrogen and oxygen atoms in total. The first kappa shape index (κ1) is 17.5. The van der Waals surface area contributed by atoms with Crippen molar-refractivity contribution in [3.05, 3.63) is 28.2 Å². The van der Waals surface area contributed by atoms with Gasteiger partial charge in [-0.15, -0.1) is 0 Å². The molecule has 1 aliphatic heterocycles. The number of carbonyl (C=O) groups excluding carboxylic acids is 1. The zero-order chi connectivity index (χ0) is 16.3. The van der Waals surface area contributed by atoms with E-state index in [9.17, 15) is 13.2 Å². The van der Waals surface area contributed by atoms with Gasteiger partial charge in [-0.3, -0.25) is 4.79 Å². The summed E-state index contributed by atoms with van der Waals surface area (Å²) in [7, 11) is -3.86. The summed E-state index contributed by atoms with van der Waals surface area (Å²) in [5.74, 6) is -0.515. The number of sulfonamides is 1. The maximum absolute atomic E-state index is 12.8. The highest BCUT2D eigenvalue weighted by Gasteiger charge is 2.38. The van der Waals surface area contributed by atoms with Gasteiger partial charge in [-0.2, -0.15) is 4.31 Å². The second-order valence-electron chi connectivity index (χ2n) is 4.98. The van der Waals surface area contributed by atoms with Gasteiger partial charge in [0, 0.05) is 16.6 Å². The molecule has 1 heterocycles. The highest BCUT2D eigenvalue weighted by atomic mass is 35.5. The molecule has 0 radical (unpaired) electrons. The van der Waals surface area contributed by atoms with Crippen molar-refractivity contribution in [2.24, 2.45) is 0 Å². The molecule has 1 aromatic rings. The number of benzene rings is 1. The highest BCUT2D eigenvalue weighted by molar-refractivity contribution is 7.89. The number of carbonyl (C=O) groups is 1. The van der Waals surface area contributed by atoms with Gasteiger partial charge in [-0.25, -0.2) is 8.42 Å². The summed E-state index contributed by atoms with van der Waals surface area (Å²) >= 11 is 11.8. The van der Waals surface area contributed by atoms with E-state index in [4.69, 9.17) is 27.9 Å². The minimum atomic E-state index is -3.86. The van der Waals surface area contributed by atoms with E-state index in [-0.39, 0.29) is 28.1 Å². The largest absolute Gasteiger partial charge is 0.465 e. The lowest BCUT2D eigenvalue weighted by molar-refractivity contribution is -0.148. The highest BCUT2D eigenvalue weighted by Crippen LogP contribution is 2.29. The fourth-order valence-electron chi connectivity index (χ4n) is 2.48. The standard InChI is InChI=1S/C14H17Cl2NO4S/c1-2-21-14(18)13-5-3-4-6-17(13)22(19,20)12-8-10(15)7-11(16)9-12/h7-9,13H,2-6H2,1H3. The quantitative estimate of drug-likeness (QED) is 0.769. The normalized spacial score (nSPS) is 19.9. The van der Waals surface area contributed by atoms with Crippen LogP contribution in [0, 0.1) is 0 Å². The maximum Gasteiger partial charge on any atom is 0.324 e. The van der Waals surface area contributed by atoms with Crippen molar-refractivity contribution in [1.82, 2.24) is 4.31 Å². The molecule has 1 saturated heterocycles. The van der Waals surface area contributed by atoms with E-state index < -0.39 is 22.0 Å². The third-order valence-corrected chi connectivity index (χ3v) is 5.78. The zero-order valence-electron chi connectivity index (χ0n) is 12.1. The lowest BCUT2D eigenvalue weighted by atomic mass is 10.1. The number of piperidine rings is 1. The fourth-order valence-corrected chi connectivity index (χ4v) is 4.85. The summed E-state index contributed by atoms with van der Waals surface area (Å²) in [6, 6.07) is 3.33. The average Bonchev–Trinajstić information content (AvgIpc) is 2.46. The number of nitrogens with zero attached hydrogens (tertiary/aromatic N) is 1. The second-order valence-corrected chi connectivity index (χ2v) is 7.75. The van der Waals surface area contributed by atoms with Crippen LogP contribution in [0.15, 0.2) is 23.1 Å². The van der Waals surface area contributed by atoms with Gasteiger partial charge in [0.15, 0.2) is 0 Å². The molecule has 1 aromatic carbocycles. The average molecular weight is 366 g/mol. The van der Waals surface area contributed by atoms with Crippen LogP contribution in [0.3, 0.4) is 0 Å². The summed E-state index contributed by atoms with van der Waals surface area (Å²) in [5, 5.41) is 0.464. The van der Waals surface area contributed by atoms with Crippen LogP contribution in [0.2, 0.25) is 10.0 Å². The van der Waals surface area contributed by atoms with E-state index in [2.05, 4.69) is 0 Å². The number of rotatable bonds is 4. The molecule has 0 spiro atoms. The molecule has 1 atom stereocenters. The Morgan fingerprint density at radius 1 is 1.27 bits per heavy atom. The van der Waals surface area contributed by atoms with Gasteiger partial charge in [-0.05, 0) is 44.4 Å². The molecule has 0 aliphatic carbocycles. The molecule has 0 bridgehead atoms. The third kappa shape index (κ3) is 3.74. The summed E-state index contributed by atoms with van der Waals surface area (Å²) in [6.45, 7) is 2.18. The van der Waals surface area contributed by atoms with Gasteiger partial charge in [0.1, 0.15) is 6.04 Å². The SMILES string of the molecule is CCOC(=O)C1CCCCN1S(=O)(=O)c1cc(Cl)cc(Cl)c1. The van der Waals surface area contributed by atoms with E-state index in [0.29, 0.717) is 12.8 Å². The van der Waals surface area contributed by atoms with Crippen LogP contribution in [0.4, 0.5) is 0 Å². The molecule has 8 heteroatoms. The van der Waals surface area contributed by atoms with E-state index in [0.717, 1.165) is 6.42 Å². The molecular weight excluding hydrogens is 349 g/mol. The second kappa shape index (κ2) is 7.17. The zero-order valence-corrected chi connectivity index (χ0v) is 14.4. The molecule has 0 amide bonds. The minimum Gasteiger partial charge on any atom is -0.465 e. The number of esters is 1. The van der Waals surface area contributed by atoms with Crippen molar-refractivity contribution in [2.45, 2.75) is 37.1 Å². The predicted octanol–water partition coefficient (Wildman–Crippen LogP) is 3.10. The van der Waals surface area contributed by atoms with Crippen LogP contribution in [0.25, 0.3) is 0 Å². The van der Waals surface area contributed by atoms with Gasteiger partial charge in [0.25, 0.3) is 0 Å². The van der Waals surface area contributed by atoms with Crippen molar-refractivity contribution in [1.29, 1.82) is 0 Å². The molecule has 2 rings (SSSR count). The van der Waals surface area contributed by atoms with Crippen LogP contribution in [0.5, 0.6) is 0 Å². The van der Waals surface area contributed by atoms with Gasteiger partial charge in [0.2, 0.25) is 10.0 Å². The Morgan fingerprint density at radius 2 is 1.91 bits per heavy atom. The van der Waals surface area contributed by atoms with Crippen molar-refractivity contribution < 1.29 is 17.9 Å². The Morgan fingerprint density at radius 3 is 2.50 bits per heavy atom. The summed E-state index contributed by atoms with van der Waals surface area (Å²) < 4.78 is 31.8. The maximum atomic E-state index is 12.8. The van der Waals surface area contributed by atoms with E-state index in [1.165, 1.54) is 22.5 Å². The Balaban J connectivity index is 2.38. The van der Waals surface area contributed by atoms with Crippen molar-refractivity contribution in [3.63, 3.8) is 0 Å².